The maximum absolute atomic E-state index is 12.8. The van der Waals surface area contributed by atoms with E-state index in [0.29, 0.717) is 22.3 Å². The molecule has 1 aliphatic heterocycles. The Hall–Kier alpha value is -2.85. The van der Waals surface area contributed by atoms with Crippen LogP contribution in [-0.2, 0) is 11.3 Å². The number of thiazole rings is 1. The zero-order valence-corrected chi connectivity index (χ0v) is 17.0. The maximum Gasteiger partial charge on any atom is 0.269 e. The number of benzene rings is 1. The van der Waals surface area contributed by atoms with Gasteiger partial charge in [-0.3, -0.25) is 14.2 Å². The lowest BCUT2D eigenvalue weighted by molar-refractivity contribution is -0.115. The Morgan fingerprint density at radius 3 is 2.50 bits per heavy atom. The van der Waals surface area contributed by atoms with Crippen LogP contribution in [0.15, 0.2) is 29.1 Å². The van der Waals surface area contributed by atoms with Gasteiger partial charge in [-0.25, -0.2) is 0 Å². The van der Waals surface area contributed by atoms with Gasteiger partial charge in [-0.15, -0.1) is 11.3 Å². The van der Waals surface area contributed by atoms with Crippen molar-refractivity contribution in [1.29, 1.82) is 5.26 Å². The Morgan fingerprint density at radius 1 is 1.25 bits per heavy atom. The third kappa shape index (κ3) is 4.02. The SMILES string of the molecule is CCNC(=O)C(C#N)=c1sc(=Cc2ccc(N3CCCC3)cc2)c(=O)n1CC. The first-order valence-electron chi connectivity index (χ1n) is 9.58. The van der Waals surface area contributed by atoms with Gasteiger partial charge in [-0.1, -0.05) is 12.1 Å². The van der Waals surface area contributed by atoms with Crippen LogP contribution >= 0.6 is 11.3 Å². The van der Waals surface area contributed by atoms with Crippen LogP contribution in [0.1, 0.15) is 32.3 Å². The maximum atomic E-state index is 12.8. The molecule has 0 bridgehead atoms. The van der Waals surface area contributed by atoms with E-state index in [1.807, 2.05) is 31.2 Å². The summed E-state index contributed by atoms with van der Waals surface area (Å²) in [6.07, 6.45) is 4.28. The molecule has 28 heavy (non-hydrogen) atoms. The van der Waals surface area contributed by atoms with Crippen LogP contribution in [0, 0.1) is 11.3 Å². The smallest absolute Gasteiger partial charge is 0.269 e. The monoisotopic (exact) mass is 396 g/mol. The van der Waals surface area contributed by atoms with E-state index < -0.39 is 5.91 Å². The van der Waals surface area contributed by atoms with Crippen molar-refractivity contribution in [1.82, 2.24) is 9.88 Å². The molecule has 1 fully saturated rings. The van der Waals surface area contributed by atoms with Gasteiger partial charge in [-0.05, 0) is 50.5 Å². The van der Waals surface area contributed by atoms with Gasteiger partial charge in [0, 0.05) is 31.9 Å². The molecular weight excluding hydrogens is 372 g/mol. The van der Waals surface area contributed by atoms with Crippen LogP contribution in [0.2, 0.25) is 0 Å². The zero-order chi connectivity index (χ0) is 20.1. The molecule has 0 saturated carbocycles. The Balaban J connectivity index is 2.05. The van der Waals surface area contributed by atoms with E-state index >= 15 is 0 Å². The van der Waals surface area contributed by atoms with E-state index in [2.05, 4.69) is 22.3 Å². The van der Waals surface area contributed by atoms with Gasteiger partial charge in [0.25, 0.3) is 11.5 Å². The minimum Gasteiger partial charge on any atom is -0.372 e. The predicted molar refractivity (Wildman–Crippen MR) is 113 cm³/mol. The highest BCUT2D eigenvalue weighted by molar-refractivity contribution is 7.07. The van der Waals surface area contributed by atoms with E-state index in [9.17, 15) is 14.9 Å². The van der Waals surface area contributed by atoms with E-state index in [4.69, 9.17) is 0 Å². The number of hydrogen-bond acceptors (Lipinski definition) is 5. The van der Waals surface area contributed by atoms with Gasteiger partial charge in [0.05, 0.1) is 4.53 Å². The summed E-state index contributed by atoms with van der Waals surface area (Å²) in [7, 11) is 0. The number of hydrogen-bond donors (Lipinski definition) is 1. The summed E-state index contributed by atoms with van der Waals surface area (Å²) in [5.41, 5.74) is 1.93. The fourth-order valence-corrected chi connectivity index (χ4v) is 4.51. The first kappa shape index (κ1) is 19.9. The molecule has 7 heteroatoms. The second kappa shape index (κ2) is 8.89. The van der Waals surface area contributed by atoms with Crippen LogP contribution < -0.4 is 25.0 Å². The second-order valence-electron chi connectivity index (χ2n) is 6.60. The molecule has 6 nitrogen and oxygen atoms in total. The number of carbonyl (C=O) groups is 1. The van der Waals surface area contributed by atoms with Crippen LogP contribution in [0.5, 0.6) is 0 Å². The fourth-order valence-electron chi connectivity index (χ4n) is 3.35. The Bertz CT molecular complexity index is 1070. The van der Waals surface area contributed by atoms with Crippen molar-refractivity contribution in [2.45, 2.75) is 33.2 Å². The van der Waals surface area contributed by atoms with E-state index in [0.717, 1.165) is 18.7 Å². The molecule has 1 aromatic carbocycles. The van der Waals surface area contributed by atoms with E-state index in [1.165, 1.54) is 34.4 Å². The quantitative estimate of drug-likeness (QED) is 0.823. The Labute approximate surface area is 168 Å². The van der Waals surface area contributed by atoms with Crippen molar-refractivity contribution < 1.29 is 4.79 Å². The minimum atomic E-state index is -0.449. The summed E-state index contributed by atoms with van der Waals surface area (Å²) in [5, 5.41) is 12.1. The van der Waals surface area contributed by atoms with Crippen LogP contribution in [0.3, 0.4) is 0 Å². The van der Waals surface area contributed by atoms with Crippen LogP contribution in [0.4, 0.5) is 5.69 Å². The Kier molecular flexibility index (Phi) is 6.32. The molecule has 1 amide bonds. The third-order valence-electron chi connectivity index (χ3n) is 4.78. The van der Waals surface area contributed by atoms with Crippen molar-refractivity contribution in [3.8, 4) is 6.07 Å². The number of nitrogens with one attached hydrogen (secondary N) is 1. The fraction of sp³-hybridized carbons (Fsp3) is 0.381. The van der Waals surface area contributed by atoms with Gasteiger partial charge in [-0.2, -0.15) is 5.26 Å². The Morgan fingerprint density at radius 2 is 1.93 bits per heavy atom. The summed E-state index contributed by atoms with van der Waals surface area (Å²) < 4.78 is 2.41. The van der Waals surface area contributed by atoms with Crippen molar-refractivity contribution in [3.05, 3.63) is 49.4 Å². The number of anilines is 1. The lowest BCUT2D eigenvalue weighted by Gasteiger charge is -2.17. The number of nitrogens with zero attached hydrogens (tertiary/aromatic N) is 3. The summed E-state index contributed by atoms with van der Waals surface area (Å²) in [5.74, 6) is -0.449. The van der Waals surface area contributed by atoms with Crippen LogP contribution in [0.25, 0.3) is 11.6 Å². The molecule has 0 aliphatic carbocycles. The second-order valence-corrected chi connectivity index (χ2v) is 7.63. The van der Waals surface area contributed by atoms with Gasteiger partial charge >= 0.3 is 0 Å². The molecule has 2 aromatic rings. The minimum absolute atomic E-state index is 0.0187. The average molecular weight is 397 g/mol. The normalized spacial score (nSPS) is 15.5. The highest BCUT2D eigenvalue weighted by Gasteiger charge is 2.15. The molecule has 146 valence electrons. The molecule has 1 saturated heterocycles. The van der Waals surface area contributed by atoms with Gasteiger partial charge in [0.2, 0.25) is 0 Å². The van der Waals surface area contributed by atoms with Gasteiger partial charge in [0.15, 0.2) is 5.57 Å². The number of nitriles is 1. The molecule has 0 atom stereocenters. The molecule has 0 unspecified atom stereocenters. The first-order chi connectivity index (χ1) is 13.6. The van der Waals surface area contributed by atoms with Crippen LogP contribution in [-0.4, -0.2) is 30.1 Å². The summed E-state index contributed by atoms with van der Waals surface area (Å²) in [4.78, 5) is 27.3. The number of aromatic nitrogens is 1. The lowest BCUT2D eigenvalue weighted by atomic mass is 10.2. The van der Waals surface area contributed by atoms with Crippen molar-refractivity contribution >= 4 is 34.6 Å². The standard InChI is InChI=1S/C21H24N4O2S/c1-3-23-19(26)17(14-22)21-25(4-2)20(27)18(28-21)13-15-7-9-16(10-8-15)24-11-5-6-12-24/h7-10,13H,3-6,11-12H2,1-2H3,(H,23,26). The molecule has 1 aliphatic rings. The summed E-state index contributed by atoms with van der Waals surface area (Å²) >= 11 is 1.19. The summed E-state index contributed by atoms with van der Waals surface area (Å²) in [6.45, 7) is 6.62. The molecule has 0 spiro atoms. The van der Waals surface area contributed by atoms with Crippen molar-refractivity contribution in [2.75, 3.05) is 24.5 Å². The molecule has 1 aromatic heterocycles. The third-order valence-corrected chi connectivity index (χ3v) is 5.91. The lowest BCUT2D eigenvalue weighted by Crippen LogP contribution is -2.34. The highest BCUT2D eigenvalue weighted by atomic mass is 32.1. The van der Waals surface area contributed by atoms with Crippen molar-refractivity contribution in [3.63, 3.8) is 0 Å². The first-order valence-corrected chi connectivity index (χ1v) is 10.4. The summed E-state index contributed by atoms with van der Waals surface area (Å²) in [6, 6.07) is 10.1. The van der Waals surface area contributed by atoms with E-state index in [-0.39, 0.29) is 11.1 Å². The number of rotatable bonds is 5. The molecule has 2 heterocycles. The number of amides is 1. The average Bonchev–Trinajstić information content (AvgIpc) is 3.33. The zero-order valence-electron chi connectivity index (χ0n) is 16.2. The topological polar surface area (TPSA) is 78.1 Å². The molecular formula is C21H24N4O2S. The largest absolute Gasteiger partial charge is 0.372 e. The van der Waals surface area contributed by atoms with Gasteiger partial charge in [0.1, 0.15) is 10.7 Å². The van der Waals surface area contributed by atoms with Gasteiger partial charge < -0.3 is 10.2 Å². The number of carbonyl (C=O) groups excluding carboxylic acids is 1. The highest BCUT2D eigenvalue weighted by Crippen LogP contribution is 2.20. The van der Waals surface area contributed by atoms with Crippen molar-refractivity contribution in [2.24, 2.45) is 0 Å². The molecule has 1 N–H and O–H groups in total. The molecule has 3 rings (SSSR count). The predicted octanol–water partition coefficient (Wildman–Crippen LogP) is 1.17. The molecule has 0 radical (unpaired) electrons. The van der Waals surface area contributed by atoms with E-state index in [1.54, 1.807) is 6.92 Å².